The number of aromatic nitrogens is 2. The summed E-state index contributed by atoms with van der Waals surface area (Å²) >= 11 is 0. The van der Waals surface area contributed by atoms with E-state index in [0.29, 0.717) is 5.92 Å². The van der Waals surface area contributed by atoms with Gasteiger partial charge in [0, 0.05) is 29.9 Å². The first kappa shape index (κ1) is 15.6. The van der Waals surface area contributed by atoms with Crippen molar-refractivity contribution in [1.29, 1.82) is 0 Å². The van der Waals surface area contributed by atoms with Crippen LogP contribution in [0.4, 0.5) is 0 Å². The molecule has 0 atom stereocenters. The highest BCUT2D eigenvalue weighted by molar-refractivity contribution is 5.26. The Labute approximate surface area is 127 Å². The minimum absolute atomic E-state index is 0.656. The summed E-state index contributed by atoms with van der Waals surface area (Å²) in [5.74, 6) is 1.56. The van der Waals surface area contributed by atoms with Crippen LogP contribution in [0.2, 0.25) is 0 Å². The number of hydrogen-bond acceptors (Lipinski definition) is 3. The molecule has 1 aromatic carbocycles. The van der Waals surface area contributed by atoms with Gasteiger partial charge in [-0.3, -0.25) is 0 Å². The van der Waals surface area contributed by atoms with E-state index in [4.69, 9.17) is 0 Å². The van der Waals surface area contributed by atoms with Gasteiger partial charge in [-0.05, 0) is 31.9 Å². The van der Waals surface area contributed by atoms with E-state index in [-0.39, 0.29) is 0 Å². The van der Waals surface area contributed by atoms with Crippen LogP contribution in [0.15, 0.2) is 30.3 Å². The molecule has 1 aromatic heterocycles. The lowest BCUT2D eigenvalue weighted by Crippen LogP contribution is -2.21. The topological polar surface area (TPSA) is 37.8 Å². The molecule has 0 spiro atoms. The highest BCUT2D eigenvalue weighted by atomic mass is 14.9. The number of nitrogens with zero attached hydrogens (tertiary/aromatic N) is 2. The molecule has 0 saturated heterocycles. The van der Waals surface area contributed by atoms with Gasteiger partial charge in [0.15, 0.2) is 0 Å². The van der Waals surface area contributed by atoms with Crippen molar-refractivity contribution < 1.29 is 0 Å². The molecule has 112 valence electrons. The second-order valence-corrected chi connectivity index (χ2v) is 5.98. The molecule has 21 heavy (non-hydrogen) atoms. The van der Waals surface area contributed by atoms with Crippen LogP contribution in [0.3, 0.4) is 0 Å². The number of nitrogens with one attached hydrogen (secondary N) is 1. The Morgan fingerprint density at radius 2 is 1.62 bits per heavy atom. The Hall–Kier alpha value is -1.74. The molecular weight excluding hydrogens is 258 g/mol. The monoisotopic (exact) mass is 283 g/mol. The van der Waals surface area contributed by atoms with Gasteiger partial charge in [0.05, 0.1) is 0 Å². The lowest BCUT2D eigenvalue weighted by molar-refractivity contribution is 0.548. The van der Waals surface area contributed by atoms with Crippen molar-refractivity contribution >= 4 is 0 Å². The van der Waals surface area contributed by atoms with Crippen molar-refractivity contribution in [3.63, 3.8) is 0 Å². The first-order valence-corrected chi connectivity index (χ1v) is 7.64. The van der Waals surface area contributed by atoms with Crippen LogP contribution in [0, 0.1) is 19.8 Å². The molecule has 0 radical (unpaired) electrons. The van der Waals surface area contributed by atoms with E-state index in [1.807, 2.05) is 6.07 Å². The first-order chi connectivity index (χ1) is 10.1. The van der Waals surface area contributed by atoms with Crippen molar-refractivity contribution in [2.75, 3.05) is 6.54 Å². The van der Waals surface area contributed by atoms with Crippen molar-refractivity contribution in [1.82, 2.24) is 15.3 Å². The van der Waals surface area contributed by atoms with Crippen LogP contribution >= 0.6 is 0 Å². The third-order valence-corrected chi connectivity index (χ3v) is 3.53. The molecule has 0 fully saturated rings. The minimum Gasteiger partial charge on any atom is -0.312 e. The third-order valence-electron chi connectivity index (χ3n) is 3.53. The van der Waals surface area contributed by atoms with E-state index < -0.39 is 0 Å². The second-order valence-electron chi connectivity index (χ2n) is 5.98. The van der Waals surface area contributed by atoms with Crippen LogP contribution in [0.1, 0.15) is 42.2 Å². The zero-order valence-corrected chi connectivity index (χ0v) is 13.5. The summed E-state index contributed by atoms with van der Waals surface area (Å²) in [5.41, 5.74) is 4.66. The maximum atomic E-state index is 4.68. The van der Waals surface area contributed by atoms with Gasteiger partial charge in [0.1, 0.15) is 5.82 Å². The van der Waals surface area contributed by atoms with E-state index >= 15 is 0 Å². The van der Waals surface area contributed by atoms with Crippen molar-refractivity contribution in [3.05, 3.63) is 58.7 Å². The predicted octanol–water partition coefficient (Wildman–Crippen LogP) is 3.43. The van der Waals surface area contributed by atoms with Gasteiger partial charge in [-0.1, -0.05) is 44.2 Å². The number of benzene rings is 1. The van der Waals surface area contributed by atoms with Crippen LogP contribution in [0.5, 0.6) is 0 Å². The van der Waals surface area contributed by atoms with E-state index in [1.54, 1.807) is 0 Å². The first-order valence-electron chi connectivity index (χ1n) is 7.64. The SMILES string of the molecule is Cc1nc(Cc2ccccc2)nc(C)c1CNCC(C)C. The highest BCUT2D eigenvalue weighted by Crippen LogP contribution is 2.13. The maximum Gasteiger partial charge on any atom is 0.133 e. The van der Waals surface area contributed by atoms with Gasteiger partial charge in [-0.25, -0.2) is 9.97 Å². The summed E-state index contributed by atoms with van der Waals surface area (Å²) in [7, 11) is 0. The number of aryl methyl sites for hydroxylation is 2. The Kier molecular flexibility index (Phi) is 5.45. The lowest BCUT2D eigenvalue weighted by atomic mass is 10.1. The molecule has 3 heteroatoms. The van der Waals surface area contributed by atoms with E-state index in [1.165, 1.54) is 11.1 Å². The zero-order chi connectivity index (χ0) is 15.2. The van der Waals surface area contributed by atoms with E-state index in [0.717, 1.165) is 36.7 Å². The molecule has 0 aliphatic rings. The minimum atomic E-state index is 0.656. The quantitative estimate of drug-likeness (QED) is 0.882. The van der Waals surface area contributed by atoms with Crippen LogP contribution < -0.4 is 5.32 Å². The van der Waals surface area contributed by atoms with Crippen LogP contribution in [0.25, 0.3) is 0 Å². The molecule has 0 saturated carbocycles. The Bertz CT molecular complexity index is 553. The molecule has 0 aliphatic carbocycles. The van der Waals surface area contributed by atoms with Crippen LogP contribution in [-0.4, -0.2) is 16.5 Å². The molecule has 2 rings (SSSR count). The molecule has 0 unspecified atom stereocenters. The number of rotatable bonds is 6. The van der Waals surface area contributed by atoms with Crippen molar-refractivity contribution in [2.24, 2.45) is 5.92 Å². The Morgan fingerprint density at radius 1 is 1.00 bits per heavy atom. The fraction of sp³-hybridized carbons (Fsp3) is 0.444. The van der Waals surface area contributed by atoms with E-state index in [9.17, 15) is 0 Å². The highest BCUT2D eigenvalue weighted by Gasteiger charge is 2.09. The molecule has 0 aliphatic heterocycles. The van der Waals surface area contributed by atoms with Gasteiger partial charge in [-0.2, -0.15) is 0 Å². The van der Waals surface area contributed by atoms with Gasteiger partial charge in [0.2, 0.25) is 0 Å². The molecule has 0 bridgehead atoms. The molecule has 3 nitrogen and oxygen atoms in total. The molecular formula is C18H25N3. The Balaban J connectivity index is 2.09. The predicted molar refractivity (Wildman–Crippen MR) is 87.3 cm³/mol. The number of hydrogen-bond donors (Lipinski definition) is 1. The fourth-order valence-corrected chi connectivity index (χ4v) is 2.41. The Morgan fingerprint density at radius 3 is 2.19 bits per heavy atom. The van der Waals surface area contributed by atoms with E-state index in [2.05, 4.69) is 67.2 Å². The molecule has 2 aromatic rings. The van der Waals surface area contributed by atoms with Gasteiger partial charge < -0.3 is 5.32 Å². The smallest absolute Gasteiger partial charge is 0.133 e. The average Bonchev–Trinajstić information content (AvgIpc) is 2.42. The standard InChI is InChI=1S/C18H25N3/c1-13(2)11-19-12-17-14(3)20-18(21-15(17)4)10-16-8-6-5-7-9-16/h5-9,13,19H,10-12H2,1-4H3. The van der Waals surface area contributed by atoms with Crippen LogP contribution in [-0.2, 0) is 13.0 Å². The summed E-state index contributed by atoms with van der Waals surface area (Å²) in [4.78, 5) is 9.35. The van der Waals surface area contributed by atoms with Gasteiger partial charge >= 0.3 is 0 Å². The van der Waals surface area contributed by atoms with Gasteiger partial charge in [0.25, 0.3) is 0 Å². The average molecular weight is 283 g/mol. The summed E-state index contributed by atoms with van der Waals surface area (Å²) < 4.78 is 0. The summed E-state index contributed by atoms with van der Waals surface area (Å²) in [6.45, 7) is 10.5. The lowest BCUT2D eigenvalue weighted by Gasteiger charge is -2.13. The summed E-state index contributed by atoms with van der Waals surface area (Å²) in [5, 5.41) is 3.47. The van der Waals surface area contributed by atoms with Crippen molar-refractivity contribution in [3.8, 4) is 0 Å². The normalized spacial score (nSPS) is 11.1. The third kappa shape index (κ3) is 4.64. The largest absolute Gasteiger partial charge is 0.312 e. The fourth-order valence-electron chi connectivity index (χ4n) is 2.41. The summed E-state index contributed by atoms with van der Waals surface area (Å²) in [6.07, 6.45) is 0.794. The molecule has 0 amide bonds. The maximum absolute atomic E-state index is 4.68. The zero-order valence-electron chi connectivity index (χ0n) is 13.5. The van der Waals surface area contributed by atoms with Crippen molar-refractivity contribution in [2.45, 2.75) is 40.7 Å². The summed E-state index contributed by atoms with van der Waals surface area (Å²) in [6, 6.07) is 10.4. The van der Waals surface area contributed by atoms with Gasteiger partial charge in [-0.15, -0.1) is 0 Å². The molecule has 1 heterocycles. The second kappa shape index (κ2) is 7.32. The molecule has 1 N–H and O–H groups in total.